The molecule has 3 heterocycles. The molecule has 0 atom stereocenters. The Morgan fingerprint density at radius 2 is 2.30 bits per heavy atom. The van der Waals surface area contributed by atoms with E-state index < -0.39 is 0 Å². The molecule has 0 unspecified atom stereocenters. The number of rotatable bonds is 5. The summed E-state index contributed by atoms with van der Waals surface area (Å²) < 4.78 is 5.35. The Bertz CT molecular complexity index is 519. The maximum absolute atomic E-state index is 5.35. The highest BCUT2D eigenvalue weighted by Crippen LogP contribution is 2.21. The van der Waals surface area contributed by atoms with Gasteiger partial charge in [-0.15, -0.1) is 0 Å². The first-order valence-electron chi connectivity index (χ1n) is 7.16. The van der Waals surface area contributed by atoms with E-state index in [2.05, 4.69) is 27.3 Å². The second-order valence-corrected chi connectivity index (χ2v) is 5.85. The average Bonchev–Trinajstić information content (AvgIpc) is 3.16. The van der Waals surface area contributed by atoms with Crippen molar-refractivity contribution in [3.63, 3.8) is 0 Å². The van der Waals surface area contributed by atoms with Gasteiger partial charge in [-0.05, 0) is 43.9 Å². The molecule has 0 saturated carbocycles. The number of thiophene rings is 1. The minimum absolute atomic E-state index is 0.627. The van der Waals surface area contributed by atoms with Crippen LogP contribution in [0.5, 0.6) is 0 Å². The summed E-state index contributed by atoms with van der Waals surface area (Å²) in [6.45, 7) is 6.20. The van der Waals surface area contributed by atoms with Crippen LogP contribution in [0.3, 0.4) is 0 Å². The summed E-state index contributed by atoms with van der Waals surface area (Å²) in [5, 5.41) is 11.6. The molecular weight excluding hydrogens is 272 g/mol. The van der Waals surface area contributed by atoms with Gasteiger partial charge in [0.25, 0.3) is 5.89 Å². The van der Waals surface area contributed by atoms with Gasteiger partial charge >= 0.3 is 0 Å². The van der Waals surface area contributed by atoms with Crippen molar-refractivity contribution >= 4 is 11.3 Å². The Morgan fingerprint density at radius 1 is 1.45 bits per heavy atom. The molecule has 0 amide bonds. The SMILES string of the molecule is CCN(Cc1noc(-c2ccsc2)n1)C1CCNCC1. The zero-order valence-electron chi connectivity index (χ0n) is 11.7. The molecule has 1 N–H and O–H groups in total. The van der Waals surface area contributed by atoms with Gasteiger partial charge in [0.05, 0.1) is 12.1 Å². The maximum atomic E-state index is 5.35. The standard InChI is InChI=1S/C14H20N4OS/c1-2-18(12-3-6-15-7-4-12)9-13-16-14(19-17-13)11-5-8-20-10-11/h5,8,10,12,15H,2-4,6-7,9H2,1H3. The van der Waals surface area contributed by atoms with Crippen LogP contribution in [0.15, 0.2) is 21.3 Å². The van der Waals surface area contributed by atoms with Crippen molar-refractivity contribution < 1.29 is 4.52 Å². The molecule has 0 aliphatic carbocycles. The van der Waals surface area contributed by atoms with E-state index in [9.17, 15) is 0 Å². The van der Waals surface area contributed by atoms with Crippen LogP contribution >= 0.6 is 11.3 Å². The predicted molar refractivity (Wildman–Crippen MR) is 79.6 cm³/mol. The highest BCUT2D eigenvalue weighted by Gasteiger charge is 2.21. The van der Waals surface area contributed by atoms with Crippen molar-refractivity contribution in [2.75, 3.05) is 19.6 Å². The zero-order valence-corrected chi connectivity index (χ0v) is 12.5. The van der Waals surface area contributed by atoms with Gasteiger partial charge < -0.3 is 9.84 Å². The molecule has 1 saturated heterocycles. The third-order valence-electron chi connectivity index (χ3n) is 3.81. The van der Waals surface area contributed by atoms with Crippen LogP contribution in [0.2, 0.25) is 0 Å². The highest BCUT2D eigenvalue weighted by molar-refractivity contribution is 7.08. The molecule has 0 spiro atoms. The van der Waals surface area contributed by atoms with Crippen LogP contribution in [0.4, 0.5) is 0 Å². The van der Waals surface area contributed by atoms with Crippen LogP contribution in [-0.4, -0.2) is 40.7 Å². The number of nitrogens with zero attached hydrogens (tertiary/aromatic N) is 3. The van der Waals surface area contributed by atoms with Gasteiger partial charge in [0, 0.05) is 11.4 Å². The van der Waals surface area contributed by atoms with E-state index >= 15 is 0 Å². The second-order valence-electron chi connectivity index (χ2n) is 5.07. The van der Waals surface area contributed by atoms with Gasteiger partial charge in [0.15, 0.2) is 5.82 Å². The van der Waals surface area contributed by atoms with E-state index in [0.717, 1.165) is 37.6 Å². The Balaban J connectivity index is 1.66. The molecular formula is C14H20N4OS. The first kappa shape index (κ1) is 13.7. The lowest BCUT2D eigenvalue weighted by molar-refractivity contribution is 0.157. The number of hydrogen-bond donors (Lipinski definition) is 1. The summed E-state index contributed by atoms with van der Waals surface area (Å²) in [6.07, 6.45) is 2.39. The summed E-state index contributed by atoms with van der Waals surface area (Å²) in [6, 6.07) is 2.64. The fourth-order valence-electron chi connectivity index (χ4n) is 2.67. The Kier molecular flexibility index (Phi) is 4.44. The molecule has 2 aromatic rings. The lowest BCUT2D eigenvalue weighted by atomic mass is 10.0. The molecule has 2 aromatic heterocycles. The minimum atomic E-state index is 0.627. The van der Waals surface area contributed by atoms with E-state index in [-0.39, 0.29) is 0 Å². The summed E-state index contributed by atoms with van der Waals surface area (Å²) in [5.41, 5.74) is 1.01. The molecule has 3 rings (SSSR count). The smallest absolute Gasteiger partial charge is 0.258 e. The molecule has 1 aliphatic heterocycles. The fourth-order valence-corrected chi connectivity index (χ4v) is 3.30. The maximum Gasteiger partial charge on any atom is 0.258 e. The topological polar surface area (TPSA) is 54.2 Å². The number of hydrogen-bond acceptors (Lipinski definition) is 6. The monoisotopic (exact) mass is 292 g/mol. The van der Waals surface area contributed by atoms with Crippen molar-refractivity contribution in [3.05, 3.63) is 22.7 Å². The van der Waals surface area contributed by atoms with E-state index in [1.165, 1.54) is 12.8 Å². The summed E-state index contributed by atoms with van der Waals surface area (Å²) >= 11 is 1.64. The van der Waals surface area contributed by atoms with E-state index in [1.807, 2.05) is 16.8 Å². The minimum Gasteiger partial charge on any atom is -0.334 e. The van der Waals surface area contributed by atoms with Gasteiger partial charge in [-0.2, -0.15) is 16.3 Å². The normalized spacial score (nSPS) is 16.9. The number of nitrogens with one attached hydrogen (secondary N) is 1. The fraction of sp³-hybridized carbons (Fsp3) is 0.571. The van der Waals surface area contributed by atoms with Crippen molar-refractivity contribution in [1.29, 1.82) is 0 Å². The van der Waals surface area contributed by atoms with Crippen LogP contribution in [0, 0.1) is 0 Å². The molecule has 5 nitrogen and oxygen atoms in total. The second kappa shape index (κ2) is 6.47. The first-order valence-corrected chi connectivity index (χ1v) is 8.11. The quantitative estimate of drug-likeness (QED) is 0.917. The summed E-state index contributed by atoms with van der Waals surface area (Å²) in [4.78, 5) is 6.95. The molecule has 0 aromatic carbocycles. The third kappa shape index (κ3) is 3.08. The Morgan fingerprint density at radius 3 is 3.00 bits per heavy atom. The summed E-state index contributed by atoms with van der Waals surface area (Å²) in [5.74, 6) is 1.41. The Hall–Kier alpha value is -1.24. The van der Waals surface area contributed by atoms with Crippen LogP contribution in [0.25, 0.3) is 11.5 Å². The predicted octanol–water partition coefficient (Wildman–Crippen LogP) is 2.37. The van der Waals surface area contributed by atoms with Crippen LogP contribution in [-0.2, 0) is 6.54 Å². The van der Waals surface area contributed by atoms with Crippen molar-refractivity contribution in [3.8, 4) is 11.5 Å². The van der Waals surface area contributed by atoms with Gasteiger partial charge in [0.2, 0.25) is 0 Å². The van der Waals surface area contributed by atoms with E-state index in [1.54, 1.807) is 11.3 Å². The number of aromatic nitrogens is 2. The van der Waals surface area contributed by atoms with Gasteiger partial charge in [-0.3, -0.25) is 4.90 Å². The van der Waals surface area contributed by atoms with Crippen LogP contribution < -0.4 is 5.32 Å². The molecule has 108 valence electrons. The molecule has 0 radical (unpaired) electrons. The molecule has 0 bridgehead atoms. The lowest BCUT2D eigenvalue weighted by Crippen LogP contribution is -2.42. The van der Waals surface area contributed by atoms with E-state index in [0.29, 0.717) is 11.9 Å². The van der Waals surface area contributed by atoms with Gasteiger partial charge in [0.1, 0.15) is 0 Å². The van der Waals surface area contributed by atoms with Gasteiger partial charge in [-0.1, -0.05) is 12.1 Å². The number of piperidine rings is 1. The third-order valence-corrected chi connectivity index (χ3v) is 4.50. The van der Waals surface area contributed by atoms with Crippen molar-refractivity contribution in [2.45, 2.75) is 32.4 Å². The molecule has 1 fully saturated rings. The Labute approximate surface area is 123 Å². The first-order chi connectivity index (χ1) is 9.86. The van der Waals surface area contributed by atoms with Crippen LogP contribution in [0.1, 0.15) is 25.6 Å². The lowest BCUT2D eigenvalue weighted by Gasteiger charge is -2.32. The highest BCUT2D eigenvalue weighted by atomic mass is 32.1. The largest absolute Gasteiger partial charge is 0.334 e. The molecule has 20 heavy (non-hydrogen) atoms. The molecule has 6 heteroatoms. The van der Waals surface area contributed by atoms with Gasteiger partial charge in [-0.25, -0.2) is 0 Å². The zero-order chi connectivity index (χ0) is 13.8. The summed E-state index contributed by atoms with van der Waals surface area (Å²) in [7, 11) is 0. The average molecular weight is 292 g/mol. The molecule has 1 aliphatic rings. The van der Waals surface area contributed by atoms with Crippen molar-refractivity contribution in [1.82, 2.24) is 20.4 Å². The van der Waals surface area contributed by atoms with Crippen molar-refractivity contribution in [2.24, 2.45) is 0 Å². The van der Waals surface area contributed by atoms with E-state index in [4.69, 9.17) is 4.52 Å².